The molecule has 0 saturated heterocycles. The van der Waals surface area contributed by atoms with Gasteiger partial charge in [0.2, 0.25) is 12.2 Å². The summed E-state index contributed by atoms with van der Waals surface area (Å²) in [5, 5.41) is 3.77. The van der Waals surface area contributed by atoms with Crippen LogP contribution in [0, 0.1) is 6.92 Å². The van der Waals surface area contributed by atoms with Crippen molar-refractivity contribution in [3.05, 3.63) is 34.6 Å². The third-order valence-corrected chi connectivity index (χ3v) is 2.85. The van der Waals surface area contributed by atoms with E-state index in [-0.39, 0.29) is 0 Å². The van der Waals surface area contributed by atoms with Crippen molar-refractivity contribution in [1.29, 1.82) is 0 Å². The zero-order chi connectivity index (χ0) is 9.26. The Morgan fingerprint density at radius 2 is 2.23 bits per heavy atom. The van der Waals surface area contributed by atoms with E-state index in [2.05, 4.69) is 30.6 Å². The fourth-order valence-corrected chi connectivity index (χ4v) is 1.55. The monoisotopic (exact) mass is 238 g/mol. The second-order valence-electron chi connectivity index (χ2n) is 2.69. The molecule has 0 amide bonds. The fourth-order valence-electron chi connectivity index (χ4n) is 1.11. The first-order valence-electron chi connectivity index (χ1n) is 3.81. The molecule has 1 aromatic heterocycles. The van der Waals surface area contributed by atoms with Crippen LogP contribution in [0.25, 0.3) is 11.4 Å². The van der Waals surface area contributed by atoms with Gasteiger partial charge in [0.25, 0.3) is 0 Å². The van der Waals surface area contributed by atoms with E-state index in [1.54, 1.807) is 0 Å². The minimum absolute atomic E-state index is 0.607. The van der Waals surface area contributed by atoms with Crippen molar-refractivity contribution in [3.8, 4) is 11.4 Å². The van der Waals surface area contributed by atoms with E-state index in [1.807, 2.05) is 25.1 Å². The zero-order valence-electron chi connectivity index (χ0n) is 6.99. The predicted molar refractivity (Wildman–Crippen MR) is 52.2 cm³/mol. The number of aromatic nitrogens is 2. The number of benzene rings is 1. The smallest absolute Gasteiger partial charge is 0.214 e. The Hall–Kier alpha value is -1.16. The molecule has 1 heterocycles. The van der Waals surface area contributed by atoms with Gasteiger partial charge in [0.05, 0.1) is 0 Å². The summed E-state index contributed by atoms with van der Waals surface area (Å²) < 4.78 is 5.69. The van der Waals surface area contributed by atoms with E-state index < -0.39 is 0 Å². The second kappa shape index (κ2) is 3.30. The number of aryl methyl sites for hydroxylation is 1. The highest BCUT2D eigenvalue weighted by Gasteiger charge is 2.08. The summed E-state index contributed by atoms with van der Waals surface area (Å²) in [6, 6.07) is 5.93. The number of halogens is 1. The van der Waals surface area contributed by atoms with Gasteiger partial charge in [0, 0.05) is 10.0 Å². The van der Waals surface area contributed by atoms with Gasteiger partial charge < -0.3 is 4.52 Å². The molecular formula is C9H7BrN2O. The molecule has 13 heavy (non-hydrogen) atoms. The predicted octanol–water partition coefficient (Wildman–Crippen LogP) is 2.81. The fraction of sp³-hybridized carbons (Fsp3) is 0.111. The van der Waals surface area contributed by atoms with E-state index in [0.717, 1.165) is 15.6 Å². The van der Waals surface area contributed by atoms with Gasteiger partial charge in [-0.25, -0.2) is 0 Å². The van der Waals surface area contributed by atoms with Gasteiger partial charge in [-0.3, -0.25) is 0 Å². The Kier molecular flexibility index (Phi) is 2.14. The quantitative estimate of drug-likeness (QED) is 0.767. The molecule has 0 aliphatic rings. The van der Waals surface area contributed by atoms with Crippen LogP contribution in [0.2, 0.25) is 0 Å². The second-order valence-corrected chi connectivity index (χ2v) is 3.48. The summed E-state index contributed by atoms with van der Waals surface area (Å²) in [6.45, 7) is 2.02. The standard InChI is InChI=1S/C9H7BrN2O/c1-6-3-2-4-7(8(6)10)9-11-5-13-12-9/h2-5H,1H3. The highest BCUT2D eigenvalue weighted by molar-refractivity contribution is 9.10. The largest absolute Gasteiger partial charge is 0.342 e. The number of hydrogen-bond donors (Lipinski definition) is 0. The van der Waals surface area contributed by atoms with Crippen LogP contribution in [0.5, 0.6) is 0 Å². The minimum Gasteiger partial charge on any atom is -0.342 e. The van der Waals surface area contributed by atoms with Gasteiger partial charge in [0.15, 0.2) is 0 Å². The molecule has 2 rings (SSSR count). The normalized spacial score (nSPS) is 10.3. The molecule has 0 N–H and O–H groups in total. The summed E-state index contributed by atoms with van der Waals surface area (Å²) in [6.07, 6.45) is 1.32. The summed E-state index contributed by atoms with van der Waals surface area (Å²) >= 11 is 3.48. The average Bonchev–Trinajstić information content (AvgIpc) is 2.62. The van der Waals surface area contributed by atoms with Crippen molar-refractivity contribution < 1.29 is 4.52 Å². The van der Waals surface area contributed by atoms with E-state index in [1.165, 1.54) is 6.39 Å². The molecular weight excluding hydrogens is 232 g/mol. The SMILES string of the molecule is Cc1cccc(-c2ncon2)c1Br. The zero-order valence-corrected chi connectivity index (χ0v) is 8.58. The Balaban J connectivity index is 2.59. The lowest BCUT2D eigenvalue weighted by Crippen LogP contribution is -1.84. The van der Waals surface area contributed by atoms with Gasteiger partial charge in [-0.1, -0.05) is 17.3 Å². The maximum Gasteiger partial charge on any atom is 0.214 e. The molecule has 0 radical (unpaired) electrons. The van der Waals surface area contributed by atoms with Crippen molar-refractivity contribution in [2.75, 3.05) is 0 Å². The Bertz CT molecular complexity index is 412. The molecule has 66 valence electrons. The average molecular weight is 239 g/mol. The molecule has 2 aromatic rings. The van der Waals surface area contributed by atoms with Crippen molar-refractivity contribution >= 4 is 15.9 Å². The summed E-state index contributed by atoms with van der Waals surface area (Å²) in [5.41, 5.74) is 2.11. The minimum atomic E-state index is 0.607. The van der Waals surface area contributed by atoms with Crippen molar-refractivity contribution in [1.82, 2.24) is 10.1 Å². The maximum absolute atomic E-state index is 4.68. The number of hydrogen-bond acceptors (Lipinski definition) is 3. The summed E-state index contributed by atoms with van der Waals surface area (Å²) in [4.78, 5) is 3.98. The molecule has 0 aliphatic carbocycles. The number of rotatable bonds is 1. The lowest BCUT2D eigenvalue weighted by Gasteiger charge is -2.01. The number of nitrogens with zero attached hydrogens (tertiary/aromatic N) is 2. The molecule has 3 nitrogen and oxygen atoms in total. The van der Waals surface area contributed by atoms with E-state index in [9.17, 15) is 0 Å². The maximum atomic E-state index is 4.68. The Labute approximate surface area is 83.9 Å². The van der Waals surface area contributed by atoms with E-state index in [4.69, 9.17) is 0 Å². The van der Waals surface area contributed by atoms with Crippen LogP contribution in [-0.4, -0.2) is 10.1 Å². The highest BCUT2D eigenvalue weighted by Crippen LogP contribution is 2.27. The van der Waals surface area contributed by atoms with Crippen LogP contribution in [0.15, 0.2) is 33.6 Å². The van der Waals surface area contributed by atoms with Crippen LogP contribution in [0.3, 0.4) is 0 Å². The molecule has 4 heteroatoms. The van der Waals surface area contributed by atoms with Gasteiger partial charge in [-0.15, -0.1) is 0 Å². The van der Waals surface area contributed by atoms with Crippen LogP contribution < -0.4 is 0 Å². The molecule has 0 unspecified atom stereocenters. The Morgan fingerprint density at radius 3 is 2.92 bits per heavy atom. The lowest BCUT2D eigenvalue weighted by molar-refractivity contribution is 0.418. The van der Waals surface area contributed by atoms with Crippen molar-refractivity contribution in [2.45, 2.75) is 6.92 Å². The van der Waals surface area contributed by atoms with Gasteiger partial charge in [0.1, 0.15) is 0 Å². The first-order chi connectivity index (χ1) is 6.29. The molecule has 0 saturated carbocycles. The van der Waals surface area contributed by atoms with Crippen LogP contribution >= 0.6 is 15.9 Å². The molecule has 0 fully saturated rings. The van der Waals surface area contributed by atoms with Crippen LogP contribution in [-0.2, 0) is 0 Å². The molecule has 0 bridgehead atoms. The molecule has 0 atom stereocenters. The highest BCUT2D eigenvalue weighted by atomic mass is 79.9. The van der Waals surface area contributed by atoms with Crippen LogP contribution in [0.1, 0.15) is 5.56 Å². The molecule has 0 spiro atoms. The van der Waals surface area contributed by atoms with Crippen molar-refractivity contribution in [2.24, 2.45) is 0 Å². The summed E-state index contributed by atoms with van der Waals surface area (Å²) in [7, 11) is 0. The van der Waals surface area contributed by atoms with E-state index >= 15 is 0 Å². The van der Waals surface area contributed by atoms with Crippen molar-refractivity contribution in [3.63, 3.8) is 0 Å². The molecule has 0 aliphatic heterocycles. The Morgan fingerprint density at radius 1 is 1.38 bits per heavy atom. The van der Waals surface area contributed by atoms with E-state index in [0.29, 0.717) is 5.82 Å². The summed E-state index contributed by atoms with van der Waals surface area (Å²) in [5.74, 6) is 0.607. The first kappa shape index (κ1) is 8.44. The topological polar surface area (TPSA) is 38.9 Å². The first-order valence-corrected chi connectivity index (χ1v) is 4.60. The third-order valence-electron chi connectivity index (χ3n) is 1.79. The van der Waals surface area contributed by atoms with Crippen LogP contribution in [0.4, 0.5) is 0 Å². The van der Waals surface area contributed by atoms with Gasteiger partial charge >= 0.3 is 0 Å². The van der Waals surface area contributed by atoms with Gasteiger partial charge in [-0.2, -0.15) is 4.98 Å². The van der Waals surface area contributed by atoms with Gasteiger partial charge in [-0.05, 0) is 34.5 Å². The lowest BCUT2D eigenvalue weighted by atomic mass is 10.1. The third kappa shape index (κ3) is 1.49. The molecule has 1 aromatic carbocycles.